The van der Waals surface area contributed by atoms with Crippen molar-refractivity contribution in [3.63, 3.8) is 0 Å². The Hall–Kier alpha value is -2.78. The van der Waals surface area contributed by atoms with Crippen molar-refractivity contribution in [3.05, 3.63) is 58.9 Å². The highest BCUT2D eigenvalue weighted by atomic mass is 32.2. The quantitative estimate of drug-likeness (QED) is 0.527. The fourth-order valence-corrected chi connectivity index (χ4v) is 3.07. The van der Waals surface area contributed by atoms with Gasteiger partial charge in [-0.1, -0.05) is 23.9 Å². The lowest BCUT2D eigenvalue weighted by Gasteiger charge is -2.13. The molecule has 2 aromatic carbocycles. The molecule has 0 N–H and O–H groups in total. The van der Waals surface area contributed by atoms with Crippen molar-refractivity contribution in [3.8, 4) is 17.5 Å². The van der Waals surface area contributed by atoms with E-state index in [0.717, 1.165) is 5.75 Å². The number of para-hydroxylation sites is 1. The molecule has 0 aliphatic rings. The van der Waals surface area contributed by atoms with Gasteiger partial charge in [0.15, 0.2) is 5.16 Å². The maximum Gasteiger partial charge on any atom is 0.266 e. The Labute approximate surface area is 143 Å². The van der Waals surface area contributed by atoms with Crippen molar-refractivity contribution in [2.24, 2.45) is 0 Å². The number of benzene rings is 2. The first-order valence-electron chi connectivity index (χ1n) is 7.49. The summed E-state index contributed by atoms with van der Waals surface area (Å²) in [4.78, 5) is 17.5. The molecule has 0 spiro atoms. The predicted molar refractivity (Wildman–Crippen MR) is 94.8 cm³/mol. The monoisotopic (exact) mass is 337 g/mol. The summed E-state index contributed by atoms with van der Waals surface area (Å²) < 4.78 is 6.98. The third-order valence-electron chi connectivity index (χ3n) is 3.42. The Morgan fingerprint density at radius 2 is 1.96 bits per heavy atom. The van der Waals surface area contributed by atoms with E-state index in [1.807, 2.05) is 43.3 Å². The highest BCUT2D eigenvalue weighted by Gasteiger charge is 2.13. The van der Waals surface area contributed by atoms with E-state index in [4.69, 9.17) is 10.00 Å². The van der Waals surface area contributed by atoms with Gasteiger partial charge in [-0.3, -0.25) is 9.36 Å². The van der Waals surface area contributed by atoms with Crippen LogP contribution in [0.25, 0.3) is 16.6 Å². The Morgan fingerprint density at radius 3 is 2.67 bits per heavy atom. The summed E-state index contributed by atoms with van der Waals surface area (Å²) in [6, 6.07) is 16.6. The van der Waals surface area contributed by atoms with Gasteiger partial charge in [0, 0.05) is 0 Å². The zero-order valence-electron chi connectivity index (χ0n) is 13.1. The second kappa shape index (κ2) is 7.20. The van der Waals surface area contributed by atoms with E-state index < -0.39 is 0 Å². The maximum atomic E-state index is 12.9. The van der Waals surface area contributed by atoms with Crippen LogP contribution in [0.4, 0.5) is 0 Å². The van der Waals surface area contributed by atoms with Crippen molar-refractivity contribution in [2.75, 3.05) is 12.4 Å². The van der Waals surface area contributed by atoms with Crippen molar-refractivity contribution in [1.82, 2.24) is 9.55 Å². The van der Waals surface area contributed by atoms with E-state index in [-0.39, 0.29) is 11.3 Å². The summed E-state index contributed by atoms with van der Waals surface area (Å²) in [6.07, 6.45) is 0. The minimum absolute atomic E-state index is 0.148. The van der Waals surface area contributed by atoms with Gasteiger partial charge in [-0.15, -0.1) is 0 Å². The summed E-state index contributed by atoms with van der Waals surface area (Å²) in [5.74, 6) is 0.969. The van der Waals surface area contributed by atoms with E-state index in [2.05, 4.69) is 11.1 Å². The van der Waals surface area contributed by atoms with Crippen LogP contribution in [0.1, 0.15) is 6.92 Å². The number of nitrogens with zero attached hydrogens (tertiary/aromatic N) is 3. The highest BCUT2D eigenvalue weighted by Crippen LogP contribution is 2.22. The Kier molecular flexibility index (Phi) is 4.82. The van der Waals surface area contributed by atoms with Gasteiger partial charge in [-0.25, -0.2) is 4.98 Å². The molecule has 6 heteroatoms. The van der Waals surface area contributed by atoms with Crippen LogP contribution in [0.3, 0.4) is 0 Å². The average Bonchev–Trinajstić information content (AvgIpc) is 2.61. The average molecular weight is 337 g/mol. The van der Waals surface area contributed by atoms with Gasteiger partial charge < -0.3 is 4.74 Å². The molecule has 120 valence electrons. The van der Waals surface area contributed by atoms with Gasteiger partial charge in [0.1, 0.15) is 5.75 Å². The van der Waals surface area contributed by atoms with Crippen LogP contribution in [-0.2, 0) is 0 Å². The molecule has 0 unspecified atom stereocenters. The molecule has 0 amide bonds. The van der Waals surface area contributed by atoms with Crippen LogP contribution >= 0.6 is 11.8 Å². The van der Waals surface area contributed by atoms with Crippen LogP contribution in [0, 0.1) is 11.3 Å². The lowest BCUT2D eigenvalue weighted by molar-refractivity contribution is 0.340. The second-order valence-corrected chi connectivity index (χ2v) is 5.87. The number of nitriles is 1. The van der Waals surface area contributed by atoms with E-state index in [9.17, 15) is 4.79 Å². The fourth-order valence-electron chi connectivity index (χ4n) is 2.39. The van der Waals surface area contributed by atoms with Gasteiger partial charge in [-0.05, 0) is 43.3 Å². The van der Waals surface area contributed by atoms with Gasteiger partial charge >= 0.3 is 0 Å². The number of aromatic nitrogens is 2. The number of fused-ring (bicyclic) bond motifs is 1. The molecule has 0 fully saturated rings. The molecule has 3 rings (SSSR count). The van der Waals surface area contributed by atoms with Crippen LogP contribution in [0.5, 0.6) is 5.75 Å². The van der Waals surface area contributed by atoms with Crippen molar-refractivity contribution in [2.45, 2.75) is 12.1 Å². The predicted octanol–water partition coefficient (Wildman–Crippen LogP) is 3.40. The van der Waals surface area contributed by atoms with E-state index in [0.29, 0.717) is 28.4 Å². The van der Waals surface area contributed by atoms with Crippen LogP contribution in [-0.4, -0.2) is 21.9 Å². The SMILES string of the molecule is CCOc1ccc(-n2c(SCC#N)nc3ccccc3c2=O)cc1. The first-order valence-corrected chi connectivity index (χ1v) is 8.48. The van der Waals surface area contributed by atoms with Gasteiger partial charge in [0.25, 0.3) is 5.56 Å². The van der Waals surface area contributed by atoms with E-state index >= 15 is 0 Å². The molecule has 0 atom stereocenters. The normalized spacial score (nSPS) is 10.5. The molecule has 0 aliphatic carbocycles. The molecule has 0 saturated heterocycles. The van der Waals surface area contributed by atoms with Gasteiger partial charge in [0.2, 0.25) is 0 Å². The molecule has 5 nitrogen and oxygen atoms in total. The highest BCUT2D eigenvalue weighted by molar-refractivity contribution is 7.99. The van der Waals surface area contributed by atoms with Crippen molar-refractivity contribution < 1.29 is 4.74 Å². The number of hydrogen-bond acceptors (Lipinski definition) is 5. The Balaban J connectivity index is 2.18. The maximum absolute atomic E-state index is 12.9. The molecule has 0 radical (unpaired) electrons. The standard InChI is InChI=1S/C18H15N3O2S/c1-2-23-14-9-7-13(8-10-14)21-17(22)15-5-3-4-6-16(15)20-18(21)24-12-11-19/h3-10H,2,12H2,1H3. The Morgan fingerprint density at radius 1 is 1.21 bits per heavy atom. The topological polar surface area (TPSA) is 67.9 Å². The molecular weight excluding hydrogens is 322 g/mol. The molecule has 0 bridgehead atoms. The number of hydrogen-bond donors (Lipinski definition) is 0. The van der Waals surface area contributed by atoms with E-state index in [1.54, 1.807) is 16.7 Å². The lowest BCUT2D eigenvalue weighted by Crippen LogP contribution is -2.21. The first kappa shape index (κ1) is 16.1. The molecule has 0 saturated carbocycles. The fraction of sp³-hybridized carbons (Fsp3) is 0.167. The zero-order valence-corrected chi connectivity index (χ0v) is 13.9. The summed E-state index contributed by atoms with van der Waals surface area (Å²) in [5.41, 5.74) is 1.18. The molecule has 1 heterocycles. The largest absolute Gasteiger partial charge is 0.494 e. The molecule has 24 heavy (non-hydrogen) atoms. The minimum Gasteiger partial charge on any atom is -0.494 e. The van der Waals surface area contributed by atoms with Crippen LogP contribution in [0.2, 0.25) is 0 Å². The summed E-state index contributed by atoms with van der Waals surface area (Å²) >= 11 is 1.24. The van der Waals surface area contributed by atoms with E-state index in [1.165, 1.54) is 11.8 Å². The summed E-state index contributed by atoms with van der Waals surface area (Å²) in [7, 11) is 0. The number of thioether (sulfide) groups is 1. The van der Waals surface area contributed by atoms with Gasteiger partial charge in [-0.2, -0.15) is 5.26 Å². The first-order chi connectivity index (χ1) is 11.7. The van der Waals surface area contributed by atoms with Crippen LogP contribution in [0.15, 0.2) is 58.5 Å². The molecule has 3 aromatic rings. The summed E-state index contributed by atoms with van der Waals surface area (Å²) in [6.45, 7) is 2.50. The van der Waals surface area contributed by atoms with Gasteiger partial charge in [0.05, 0.1) is 35.0 Å². The third-order valence-corrected chi connectivity index (χ3v) is 4.22. The summed E-state index contributed by atoms with van der Waals surface area (Å²) in [5, 5.41) is 9.92. The molecule has 0 aliphatic heterocycles. The number of rotatable bonds is 5. The molecular formula is C18H15N3O2S. The van der Waals surface area contributed by atoms with Crippen molar-refractivity contribution >= 4 is 22.7 Å². The molecule has 1 aromatic heterocycles. The number of ether oxygens (including phenoxy) is 1. The van der Waals surface area contributed by atoms with Crippen molar-refractivity contribution in [1.29, 1.82) is 5.26 Å². The smallest absolute Gasteiger partial charge is 0.266 e. The second-order valence-electron chi connectivity index (χ2n) is 4.93. The van der Waals surface area contributed by atoms with Crippen LogP contribution < -0.4 is 10.3 Å². The Bertz CT molecular complexity index is 959. The minimum atomic E-state index is -0.148. The zero-order chi connectivity index (χ0) is 16.9. The third kappa shape index (κ3) is 3.12. The lowest BCUT2D eigenvalue weighted by atomic mass is 10.2.